The van der Waals surface area contributed by atoms with E-state index < -0.39 is 11.7 Å². The minimum atomic E-state index is -0.494. The van der Waals surface area contributed by atoms with Crippen LogP contribution in [0, 0.1) is 5.82 Å². The van der Waals surface area contributed by atoms with E-state index in [4.69, 9.17) is 5.73 Å². The molecule has 5 rings (SSSR count). The first-order chi connectivity index (χ1) is 16.6. The Kier molecular flexibility index (Phi) is 6.07. The molecule has 2 aromatic heterocycles. The van der Waals surface area contributed by atoms with Gasteiger partial charge in [-0.2, -0.15) is 0 Å². The van der Waals surface area contributed by atoms with Crippen LogP contribution in [0.2, 0.25) is 0 Å². The highest BCUT2D eigenvalue weighted by atomic mass is 32.1. The number of para-hydroxylation sites is 3. The van der Waals surface area contributed by atoms with Crippen LogP contribution in [0.25, 0.3) is 21.6 Å². The number of nitrogens with zero attached hydrogens (tertiary/aromatic N) is 4. The lowest BCUT2D eigenvalue weighted by Gasteiger charge is -2.22. The van der Waals surface area contributed by atoms with E-state index in [0.717, 1.165) is 21.0 Å². The molecule has 2 heterocycles. The monoisotopic (exact) mass is 469 g/mol. The van der Waals surface area contributed by atoms with Crippen molar-refractivity contribution in [3.05, 3.63) is 107 Å². The van der Waals surface area contributed by atoms with Gasteiger partial charge in [-0.15, -0.1) is 11.3 Å². The van der Waals surface area contributed by atoms with Crippen LogP contribution in [0.3, 0.4) is 0 Å². The van der Waals surface area contributed by atoms with Gasteiger partial charge in [0.05, 0.1) is 29.5 Å². The van der Waals surface area contributed by atoms with Gasteiger partial charge >= 0.3 is 0 Å². The number of anilines is 1. The average molecular weight is 470 g/mol. The van der Waals surface area contributed by atoms with E-state index in [1.54, 1.807) is 30.5 Å². The zero-order valence-corrected chi connectivity index (χ0v) is 18.9. The summed E-state index contributed by atoms with van der Waals surface area (Å²) in [6, 6.07) is 21.4. The highest BCUT2D eigenvalue weighted by Crippen LogP contribution is 2.29. The number of nitrogens with two attached hydrogens (primary N) is 1. The maximum atomic E-state index is 14.8. The van der Waals surface area contributed by atoms with Crippen molar-refractivity contribution >= 4 is 34.0 Å². The van der Waals surface area contributed by atoms with Gasteiger partial charge in [-0.25, -0.2) is 14.4 Å². The fourth-order valence-electron chi connectivity index (χ4n) is 3.59. The molecule has 0 aliphatic carbocycles. The summed E-state index contributed by atoms with van der Waals surface area (Å²) in [6.45, 7) is 0.619. The summed E-state index contributed by atoms with van der Waals surface area (Å²) in [5.41, 5.74) is 9.27. The summed E-state index contributed by atoms with van der Waals surface area (Å²) in [5, 5.41) is 0.810. The first-order valence-electron chi connectivity index (χ1n) is 10.6. The predicted molar refractivity (Wildman–Crippen MR) is 132 cm³/mol. The maximum absolute atomic E-state index is 14.8. The number of amides is 1. The molecule has 0 radical (unpaired) electrons. The van der Waals surface area contributed by atoms with Crippen LogP contribution < -0.4 is 10.6 Å². The van der Waals surface area contributed by atoms with Gasteiger partial charge in [0.2, 0.25) is 0 Å². The number of rotatable bonds is 6. The zero-order valence-electron chi connectivity index (χ0n) is 18.1. The van der Waals surface area contributed by atoms with E-state index in [1.807, 2.05) is 42.5 Å². The Hall–Kier alpha value is -4.01. The number of hydrogen-bond acceptors (Lipinski definition) is 6. The van der Waals surface area contributed by atoms with Gasteiger partial charge in [-0.1, -0.05) is 48.5 Å². The van der Waals surface area contributed by atoms with Crippen molar-refractivity contribution in [1.82, 2.24) is 15.0 Å². The van der Waals surface area contributed by atoms with Crippen molar-refractivity contribution in [2.45, 2.75) is 13.1 Å². The highest BCUT2D eigenvalue weighted by molar-refractivity contribution is 7.15. The molecule has 3 aromatic carbocycles. The molecular formula is C26H20FN5OS. The molecule has 0 fully saturated rings. The normalized spacial score (nSPS) is 11.0. The van der Waals surface area contributed by atoms with Crippen LogP contribution in [0.1, 0.15) is 20.9 Å². The lowest BCUT2D eigenvalue weighted by molar-refractivity contribution is 0.0979. The molecule has 0 saturated carbocycles. The van der Waals surface area contributed by atoms with E-state index in [1.165, 1.54) is 28.5 Å². The minimum Gasteiger partial charge on any atom is -0.326 e. The Morgan fingerprint density at radius 3 is 2.41 bits per heavy atom. The van der Waals surface area contributed by atoms with Crippen molar-refractivity contribution in [3.63, 3.8) is 0 Å². The summed E-state index contributed by atoms with van der Waals surface area (Å²) in [7, 11) is 0. The van der Waals surface area contributed by atoms with Crippen molar-refractivity contribution < 1.29 is 9.18 Å². The molecule has 168 valence electrons. The van der Waals surface area contributed by atoms with Crippen molar-refractivity contribution in [1.29, 1.82) is 0 Å². The predicted octanol–water partition coefficient (Wildman–Crippen LogP) is 5.20. The van der Waals surface area contributed by atoms with Crippen LogP contribution in [0.4, 0.5) is 10.1 Å². The standard InChI is InChI=1S/C26H20FN5OS/c27-20-5-1-4-8-24(20)32(26(33)23-15-29-21-6-2-3-7-22(21)31-23)16-19-14-30-25(34-19)18-11-9-17(13-28)10-12-18/h1-12,14-15H,13,16,28H2. The second-order valence-electron chi connectivity index (χ2n) is 7.62. The third-order valence-corrected chi connectivity index (χ3v) is 6.39. The Morgan fingerprint density at radius 1 is 0.912 bits per heavy atom. The summed E-state index contributed by atoms with van der Waals surface area (Å²) in [5.74, 6) is -0.933. The van der Waals surface area contributed by atoms with Crippen LogP contribution in [0.15, 0.2) is 85.2 Å². The molecular weight excluding hydrogens is 449 g/mol. The Labute approximate surface area is 199 Å². The van der Waals surface area contributed by atoms with Gasteiger partial charge < -0.3 is 5.73 Å². The fourth-order valence-corrected chi connectivity index (χ4v) is 4.50. The summed E-state index contributed by atoms with van der Waals surface area (Å²) in [6.07, 6.45) is 3.14. The van der Waals surface area contributed by atoms with Gasteiger partial charge in [-0.3, -0.25) is 14.7 Å². The molecule has 0 unspecified atom stereocenters. The quantitative estimate of drug-likeness (QED) is 0.370. The van der Waals surface area contributed by atoms with Crippen LogP contribution in [0.5, 0.6) is 0 Å². The smallest absolute Gasteiger partial charge is 0.278 e. The van der Waals surface area contributed by atoms with Crippen molar-refractivity contribution in [3.8, 4) is 10.6 Å². The minimum absolute atomic E-state index is 0.143. The SMILES string of the molecule is NCc1ccc(-c2ncc(CN(C(=O)c3cnc4ccccc4n3)c3ccccc3F)s2)cc1. The third-order valence-electron chi connectivity index (χ3n) is 5.36. The van der Waals surface area contributed by atoms with Gasteiger partial charge in [0.25, 0.3) is 5.91 Å². The van der Waals surface area contributed by atoms with E-state index in [0.29, 0.717) is 17.6 Å². The molecule has 2 N–H and O–H groups in total. The largest absolute Gasteiger partial charge is 0.326 e. The molecule has 0 aliphatic rings. The number of halogens is 1. The highest BCUT2D eigenvalue weighted by Gasteiger charge is 2.23. The van der Waals surface area contributed by atoms with Gasteiger partial charge in [-0.05, 0) is 29.8 Å². The number of hydrogen-bond donors (Lipinski definition) is 1. The lowest BCUT2D eigenvalue weighted by atomic mass is 10.1. The first-order valence-corrected chi connectivity index (χ1v) is 11.5. The molecule has 0 aliphatic heterocycles. The van der Waals surface area contributed by atoms with E-state index in [9.17, 15) is 9.18 Å². The van der Waals surface area contributed by atoms with Crippen molar-refractivity contribution in [2.24, 2.45) is 5.73 Å². The number of thiazole rings is 1. The molecule has 0 saturated heterocycles. The topological polar surface area (TPSA) is 85.0 Å². The maximum Gasteiger partial charge on any atom is 0.278 e. The Balaban J connectivity index is 1.49. The first kappa shape index (κ1) is 21.8. The number of aromatic nitrogens is 3. The second kappa shape index (κ2) is 9.46. The molecule has 0 atom stereocenters. The second-order valence-corrected chi connectivity index (χ2v) is 8.73. The lowest BCUT2D eigenvalue weighted by Crippen LogP contribution is -2.31. The van der Waals surface area contributed by atoms with Crippen LogP contribution >= 0.6 is 11.3 Å². The van der Waals surface area contributed by atoms with Gasteiger partial charge in [0, 0.05) is 23.2 Å². The molecule has 0 spiro atoms. The summed E-state index contributed by atoms with van der Waals surface area (Å²) >= 11 is 1.45. The summed E-state index contributed by atoms with van der Waals surface area (Å²) in [4.78, 5) is 29.0. The van der Waals surface area contributed by atoms with Crippen LogP contribution in [-0.4, -0.2) is 20.9 Å². The molecule has 0 bridgehead atoms. The Morgan fingerprint density at radius 2 is 1.65 bits per heavy atom. The van der Waals surface area contributed by atoms with E-state index >= 15 is 0 Å². The number of carbonyl (C=O) groups is 1. The number of fused-ring (bicyclic) bond motifs is 1. The molecule has 6 nitrogen and oxygen atoms in total. The van der Waals surface area contributed by atoms with E-state index in [2.05, 4.69) is 15.0 Å². The average Bonchev–Trinajstić information content (AvgIpc) is 3.36. The van der Waals surface area contributed by atoms with E-state index in [-0.39, 0.29) is 17.9 Å². The van der Waals surface area contributed by atoms with Gasteiger partial charge in [0.1, 0.15) is 16.5 Å². The zero-order chi connectivity index (χ0) is 23.5. The number of carbonyl (C=O) groups excluding carboxylic acids is 1. The summed E-state index contributed by atoms with van der Waals surface area (Å²) < 4.78 is 14.8. The van der Waals surface area contributed by atoms with Gasteiger partial charge in [0.15, 0.2) is 0 Å². The molecule has 1 amide bonds. The molecule has 34 heavy (non-hydrogen) atoms. The van der Waals surface area contributed by atoms with Crippen LogP contribution in [-0.2, 0) is 13.1 Å². The van der Waals surface area contributed by atoms with Crippen molar-refractivity contribution in [2.75, 3.05) is 4.90 Å². The number of benzene rings is 3. The third kappa shape index (κ3) is 4.41. The fraction of sp³-hybridized carbons (Fsp3) is 0.0769. The molecule has 5 aromatic rings. The molecule has 8 heteroatoms. The Bertz CT molecular complexity index is 1470.